The molecule has 1 aromatic heterocycles. The quantitative estimate of drug-likeness (QED) is 0.546. The predicted molar refractivity (Wildman–Crippen MR) is 59.2 cm³/mol. The van der Waals surface area contributed by atoms with E-state index in [1.807, 2.05) is 0 Å². The summed E-state index contributed by atoms with van der Waals surface area (Å²) in [6, 6.07) is 2.90. The van der Waals surface area contributed by atoms with Crippen LogP contribution in [0.4, 0.5) is 5.69 Å². The smallest absolute Gasteiger partial charge is 0.337 e. The van der Waals surface area contributed by atoms with Gasteiger partial charge in [-0.2, -0.15) is 0 Å². The van der Waals surface area contributed by atoms with Crippen LogP contribution >= 0.6 is 0 Å². The van der Waals surface area contributed by atoms with E-state index in [2.05, 4.69) is 10.3 Å². The molecule has 1 amide bonds. The molecular formula is C10H13N3O4. The maximum absolute atomic E-state index is 11.5. The minimum atomic E-state index is -2.01. The van der Waals surface area contributed by atoms with Gasteiger partial charge in [0, 0.05) is 0 Å². The molecule has 1 unspecified atom stereocenters. The van der Waals surface area contributed by atoms with Crippen molar-refractivity contribution in [1.82, 2.24) is 10.3 Å². The van der Waals surface area contributed by atoms with Gasteiger partial charge in [-0.05, 0) is 19.1 Å². The number of aliphatic hydroxyl groups is 1. The van der Waals surface area contributed by atoms with Gasteiger partial charge in [0.05, 0.1) is 18.4 Å². The SMILES string of the molecule is CC(O)(CNC(=O)c1ccc(N)cn1)C(=O)O. The van der Waals surface area contributed by atoms with Crippen LogP contribution in [0.1, 0.15) is 17.4 Å². The summed E-state index contributed by atoms with van der Waals surface area (Å²) < 4.78 is 0. The van der Waals surface area contributed by atoms with Gasteiger partial charge in [-0.3, -0.25) is 4.79 Å². The average molecular weight is 239 g/mol. The molecule has 5 N–H and O–H groups in total. The number of nitrogens with zero attached hydrogens (tertiary/aromatic N) is 1. The van der Waals surface area contributed by atoms with E-state index in [0.717, 1.165) is 6.92 Å². The standard InChI is InChI=1S/C10H13N3O4/c1-10(17,9(15)16)5-13-8(14)7-3-2-6(11)4-12-7/h2-4,17H,5,11H2,1H3,(H,13,14)(H,15,16). The summed E-state index contributed by atoms with van der Waals surface area (Å²) in [5.41, 5.74) is 3.90. The molecule has 0 aromatic carbocycles. The number of aromatic nitrogens is 1. The number of hydrogen-bond acceptors (Lipinski definition) is 5. The second kappa shape index (κ2) is 4.79. The normalized spacial score (nSPS) is 13.8. The van der Waals surface area contributed by atoms with Gasteiger partial charge in [0.2, 0.25) is 0 Å². The van der Waals surface area contributed by atoms with Gasteiger partial charge in [-0.25, -0.2) is 9.78 Å². The molecule has 0 saturated carbocycles. The van der Waals surface area contributed by atoms with Crippen LogP contribution in [-0.2, 0) is 4.79 Å². The lowest BCUT2D eigenvalue weighted by Crippen LogP contribution is -2.46. The molecule has 1 heterocycles. The number of amides is 1. The highest BCUT2D eigenvalue weighted by atomic mass is 16.4. The van der Waals surface area contributed by atoms with Crippen LogP contribution in [0.3, 0.4) is 0 Å². The molecule has 17 heavy (non-hydrogen) atoms. The monoisotopic (exact) mass is 239 g/mol. The van der Waals surface area contributed by atoms with Crippen molar-refractivity contribution in [2.24, 2.45) is 0 Å². The Hall–Kier alpha value is -2.15. The average Bonchev–Trinajstić information content (AvgIpc) is 2.27. The highest BCUT2D eigenvalue weighted by molar-refractivity contribution is 5.93. The number of carbonyl (C=O) groups excluding carboxylic acids is 1. The molecule has 7 heteroatoms. The Balaban J connectivity index is 2.62. The van der Waals surface area contributed by atoms with E-state index in [0.29, 0.717) is 5.69 Å². The minimum absolute atomic E-state index is 0.0976. The van der Waals surface area contributed by atoms with Crippen molar-refractivity contribution in [2.45, 2.75) is 12.5 Å². The summed E-state index contributed by atoms with van der Waals surface area (Å²) in [6.07, 6.45) is 1.31. The van der Waals surface area contributed by atoms with Crippen molar-refractivity contribution in [3.05, 3.63) is 24.0 Å². The zero-order valence-corrected chi connectivity index (χ0v) is 9.17. The predicted octanol–water partition coefficient (Wildman–Crippen LogP) is -0.771. The van der Waals surface area contributed by atoms with Crippen LogP contribution in [0.15, 0.2) is 18.3 Å². The number of carboxylic acids is 1. The van der Waals surface area contributed by atoms with Crippen molar-refractivity contribution in [2.75, 3.05) is 12.3 Å². The Labute approximate surface area is 97.3 Å². The number of rotatable bonds is 4. The molecule has 0 spiro atoms. The Morgan fingerprint density at radius 3 is 2.65 bits per heavy atom. The molecule has 0 fully saturated rings. The van der Waals surface area contributed by atoms with Gasteiger partial charge in [0.15, 0.2) is 5.60 Å². The fraction of sp³-hybridized carbons (Fsp3) is 0.300. The van der Waals surface area contributed by atoms with E-state index >= 15 is 0 Å². The first-order valence-corrected chi connectivity index (χ1v) is 4.78. The van der Waals surface area contributed by atoms with Gasteiger partial charge in [0.25, 0.3) is 5.91 Å². The van der Waals surface area contributed by atoms with Gasteiger partial charge in [0.1, 0.15) is 5.69 Å². The number of carboxylic acid groups (broad SMARTS) is 1. The number of nitrogens with two attached hydrogens (primary N) is 1. The first-order valence-electron chi connectivity index (χ1n) is 4.78. The molecular weight excluding hydrogens is 226 g/mol. The number of nitrogen functional groups attached to an aromatic ring is 1. The number of carbonyl (C=O) groups is 2. The summed E-state index contributed by atoms with van der Waals surface area (Å²) in [5.74, 6) is -1.99. The van der Waals surface area contributed by atoms with Crippen LogP contribution in [0.5, 0.6) is 0 Å². The molecule has 1 aromatic rings. The lowest BCUT2D eigenvalue weighted by molar-refractivity contribution is -0.155. The van der Waals surface area contributed by atoms with E-state index in [-0.39, 0.29) is 5.69 Å². The lowest BCUT2D eigenvalue weighted by Gasteiger charge is -2.17. The molecule has 0 aliphatic carbocycles. The van der Waals surface area contributed by atoms with E-state index in [1.54, 1.807) is 0 Å². The Morgan fingerprint density at radius 1 is 1.53 bits per heavy atom. The van der Waals surface area contributed by atoms with Gasteiger partial charge in [-0.15, -0.1) is 0 Å². The van der Waals surface area contributed by atoms with E-state index in [1.165, 1.54) is 18.3 Å². The summed E-state index contributed by atoms with van der Waals surface area (Å²) in [7, 11) is 0. The zero-order valence-electron chi connectivity index (χ0n) is 9.17. The van der Waals surface area contributed by atoms with Gasteiger partial charge < -0.3 is 21.3 Å². The van der Waals surface area contributed by atoms with Crippen molar-refractivity contribution in [1.29, 1.82) is 0 Å². The van der Waals surface area contributed by atoms with Crippen LogP contribution in [-0.4, -0.2) is 39.2 Å². The number of nitrogens with one attached hydrogen (secondary N) is 1. The molecule has 92 valence electrons. The summed E-state index contributed by atoms with van der Waals surface area (Å²) in [5, 5.41) is 20.3. The topological polar surface area (TPSA) is 126 Å². The van der Waals surface area contributed by atoms with E-state index in [9.17, 15) is 14.7 Å². The van der Waals surface area contributed by atoms with Crippen LogP contribution < -0.4 is 11.1 Å². The third-order valence-corrected chi connectivity index (χ3v) is 2.07. The number of aliphatic carboxylic acids is 1. The Bertz CT molecular complexity index is 428. The summed E-state index contributed by atoms with van der Waals surface area (Å²) in [4.78, 5) is 25.8. The second-order valence-corrected chi connectivity index (χ2v) is 3.74. The maximum Gasteiger partial charge on any atom is 0.337 e. The Kier molecular flexibility index (Phi) is 3.64. The number of pyridine rings is 1. The van der Waals surface area contributed by atoms with E-state index in [4.69, 9.17) is 10.8 Å². The van der Waals surface area contributed by atoms with E-state index < -0.39 is 24.0 Å². The maximum atomic E-state index is 11.5. The third-order valence-electron chi connectivity index (χ3n) is 2.07. The first-order chi connectivity index (χ1) is 7.83. The fourth-order valence-electron chi connectivity index (χ4n) is 0.958. The van der Waals surface area contributed by atoms with Crippen LogP contribution in [0.25, 0.3) is 0 Å². The molecule has 1 atom stereocenters. The van der Waals surface area contributed by atoms with Crippen molar-refractivity contribution in [3.8, 4) is 0 Å². The third kappa shape index (κ3) is 3.42. The molecule has 0 radical (unpaired) electrons. The summed E-state index contributed by atoms with van der Waals surface area (Å²) >= 11 is 0. The molecule has 7 nitrogen and oxygen atoms in total. The number of hydrogen-bond donors (Lipinski definition) is 4. The van der Waals surface area contributed by atoms with Gasteiger partial charge in [-0.1, -0.05) is 0 Å². The zero-order chi connectivity index (χ0) is 13.1. The minimum Gasteiger partial charge on any atom is -0.479 e. The van der Waals surface area contributed by atoms with Gasteiger partial charge >= 0.3 is 5.97 Å². The lowest BCUT2D eigenvalue weighted by atomic mass is 10.1. The second-order valence-electron chi connectivity index (χ2n) is 3.74. The highest BCUT2D eigenvalue weighted by Crippen LogP contribution is 2.03. The highest BCUT2D eigenvalue weighted by Gasteiger charge is 2.30. The molecule has 0 saturated heterocycles. The van der Waals surface area contributed by atoms with Crippen molar-refractivity contribution < 1.29 is 19.8 Å². The molecule has 0 aliphatic heterocycles. The first kappa shape index (κ1) is 12.9. The fourth-order valence-corrected chi connectivity index (χ4v) is 0.958. The molecule has 0 bridgehead atoms. The largest absolute Gasteiger partial charge is 0.479 e. The Morgan fingerprint density at radius 2 is 2.18 bits per heavy atom. The molecule has 0 aliphatic rings. The van der Waals surface area contributed by atoms with Crippen LogP contribution in [0.2, 0.25) is 0 Å². The molecule has 1 rings (SSSR count). The van der Waals surface area contributed by atoms with Crippen molar-refractivity contribution in [3.63, 3.8) is 0 Å². The summed E-state index contributed by atoms with van der Waals surface area (Å²) in [6.45, 7) is 0.680. The van der Waals surface area contributed by atoms with Crippen molar-refractivity contribution >= 4 is 17.6 Å². The number of anilines is 1. The van der Waals surface area contributed by atoms with Crippen LogP contribution in [0, 0.1) is 0 Å².